The summed E-state index contributed by atoms with van der Waals surface area (Å²) in [6.07, 6.45) is 2.27. The molecule has 1 atom stereocenters. The minimum absolute atomic E-state index is 0.153. The van der Waals surface area contributed by atoms with Gasteiger partial charge in [0.15, 0.2) is 0 Å². The molecule has 0 saturated heterocycles. The lowest BCUT2D eigenvalue weighted by Crippen LogP contribution is -2.20. The van der Waals surface area contributed by atoms with E-state index in [0.717, 1.165) is 24.2 Å². The van der Waals surface area contributed by atoms with Crippen LogP contribution in [0.2, 0.25) is 0 Å². The summed E-state index contributed by atoms with van der Waals surface area (Å²) >= 11 is 0. The molecule has 0 bridgehead atoms. The zero-order chi connectivity index (χ0) is 11.4. The van der Waals surface area contributed by atoms with E-state index in [0.29, 0.717) is 5.92 Å². The standard InChI is InChI=1S/C13H22N2/c1-5-11(6-2)13(14)12-7-9(3)15-10(4)8-12/h7-8,11,13H,5-6,14H2,1-4H3. The quantitative estimate of drug-likeness (QED) is 0.822. The van der Waals surface area contributed by atoms with Crippen LogP contribution in [0.25, 0.3) is 0 Å². The summed E-state index contributed by atoms with van der Waals surface area (Å²) in [4.78, 5) is 4.37. The number of aromatic nitrogens is 1. The van der Waals surface area contributed by atoms with E-state index < -0.39 is 0 Å². The summed E-state index contributed by atoms with van der Waals surface area (Å²) in [7, 11) is 0. The fourth-order valence-corrected chi connectivity index (χ4v) is 2.13. The minimum Gasteiger partial charge on any atom is -0.324 e. The van der Waals surface area contributed by atoms with Crippen LogP contribution in [0.15, 0.2) is 12.1 Å². The highest BCUT2D eigenvalue weighted by Gasteiger charge is 2.16. The summed E-state index contributed by atoms with van der Waals surface area (Å²) in [5.74, 6) is 0.575. The minimum atomic E-state index is 0.153. The molecular weight excluding hydrogens is 184 g/mol. The van der Waals surface area contributed by atoms with Gasteiger partial charge in [0.2, 0.25) is 0 Å². The summed E-state index contributed by atoms with van der Waals surface area (Å²) in [6, 6.07) is 4.37. The Morgan fingerprint density at radius 3 is 2.00 bits per heavy atom. The van der Waals surface area contributed by atoms with Crippen molar-refractivity contribution in [3.63, 3.8) is 0 Å². The molecule has 0 fully saturated rings. The first kappa shape index (κ1) is 12.2. The average Bonchev–Trinajstić information content (AvgIpc) is 2.18. The topological polar surface area (TPSA) is 38.9 Å². The van der Waals surface area contributed by atoms with Crippen molar-refractivity contribution < 1.29 is 0 Å². The van der Waals surface area contributed by atoms with E-state index in [1.165, 1.54) is 5.56 Å². The SMILES string of the molecule is CCC(CC)C(N)c1cc(C)nc(C)c1. The first-order chi connectivity index (χ1) is 7.08. The molecule has 0 saturated carbocycles. The van der Waals surface area contributed by atoms with E-state index in [9.17, 15) is 0 Å². The van der Waals surface area contributed by atoms with Crippen molar-refractivity contribution in [2.75, 3.05) is 0 Å². The lowest BCUT2D eigenvalue weighted by atomic mass is 9.89. The van der Waals surface area contributed by atoms with Crippen molar-refractivity contribution in [3.8, 4) is 0 Å². The van der Waals surface area contributed by atoms with E-state index >= 15 is 0 Å². The number of nitrogens with zero attached hydrogens (tertiary/aromatic N) is 1. The van der Waals surface area contributed by atoms with Gasteiger partial charge >= 0.3 is 0 Å². The summed E-state index contributed by atoms with van der Waals surface area (Å²) in [5, 5.41) is 0. The number of rotatable bonds is 4. The van der Waals surface area contributed by atoms with Crippen molar-refractivity contribution in [2.45, 2.75) is 46.6 Å². The molecule has 1 aromatic rings. The van der Waals surface area contributed by atoms with Crippen LogP contribution in [0.3, 0.4) is 0 Å². The molecular formula is C13H22N2. The van der Waals surface area contributed by atoms with Crippen LogP contribution in [0.1, 0.15) is 49.7 Å². The molecule has 0 aliphatic heterocycles. The van der Waals surface area contributed by atoms with Crippen LogP contribution in [-0.2, 0) is 0 Å². The van der Waals surface area contributed by atoms with E-state index in [-0.39, 0.29) is 6.04 Å². The van der Waals surface area contributed by atoms with Crippen LogP contribution in [0, 0.1) is 19.8 Å². The van der Waals surface area contributed by atoms with Crippen LogP contribution in [0.4, 0.5) is 0 Å². The number of hydrogen-bond acceptors (Lipinski definition) is 2. The van der Waals surface area contributed by atoms with Gasteiger partial charge in [-0.3, -0.25) is 4.98 Å². The van der Waals surface area contributed by atoms with Gasteiger partial charge in [-0.1, -0.05) is 26.7 Å². The highest BCUT2D eigenvalue weighted by Crippen LogP contribution is 2.25. The van der Waals surface area contributed by atoms with E-state index in [2.05, 4.69) is 31.0 Å². The fraction of sp³-hybridized carbons (Fsp3) is 0.615. The maximum absolute atomic E-state index is 6.27. The monoisotopic (exact) mass is 206 g/mol. The van der Waals surface area contributed by atoms with Crippen LogP contribution in [0.5, 0.6) is 0 Å². The Bertz CT molecular complexity index is 296. The average molecular weight is 206 g/mol. The maximum atomic E-state index is 6.27. The third kappa shape index (κ3) is 3.03. The highest BCUT2D eigenvalue weighted by molar-refractivity contribution is 5.23. The molecule has 1 unspecified atom stereocenters. The molecule has 0 amide bonds. The molecule has 2 N–H and O–H groups in total. The zero-order valence-electron chi connectivity index (χ0n) is 10.2. The molecule has 1 aromatic heterocycles. The Morgan fingerprint density at radius 1 is 1.13 bits per heavy atom. The molecule has 0 aliphatic rings. The highest BCUT2D eigenvalue weighted by atomic mass is 14.7. The van der Waals surface area contributed by atoms with Gasteiger partial charge in [0, 0.05) is 17.4 Å². The Kier molecular flexibility index (Phi) is 4.28. The summed E-state index contributed by atoms with van der Waals surface area (Å²) in [5.41, 5.74) is 9.62. The second-order valence-corrected chi connectivity index (χ2v) is 4.29. The van der Waals surface area contributed by atoms with Crippen molar-refractivity contribution >= 4 is 0 Å². The van der Waals surface area contributed by atoms with E-state index in [1.807, 2.05) is 13.8 Å². The lowest BCUT2D eigenvalue weighted by molar-refractivity contribution is 0.405. The molecule has 0 aliphatic carbocycles. The summed E-state index contributed by atoms with van der Waals surface area (Å²) < 4.78 is 0. The predicted molar refractivity (Wildman–Crippen MR) is 64.7 cm³/mol. The van der Waals surface area contributed by atoms with E-state index in [1.54, 1.807) is 0 Å². The number of hydrogen-bond donors (Lipinski definition) is 1. The smallest absolute Gasteiger partial charge is 0.0379 e. The van der Waals surface area contributed by atoms with Crippen LogP contribution < -0.4 is 5.73 Å². The van der Waals surface area contributed by atoms with Crippen molar-refractivity contribution in [1.82, 2.24) is 4.98 Å². The molecule has 0 radical (unpaired) electrons. The van der Waals surface area contributed by atoms with Gasteiger partial charge in [0.05, 0.1) is 0 Å². The molecule has 0 spiro atoms. The molecule has 15 heavy (non-hydrogen) atoms. The Labute approximate surface area is 92.9 Å². The van der Waals surface area contributed by atoms with Gasteiger partial charge in [-0.15, -0.1) is 0 Å². The number of nitrogens with two attached hydrogens (primary N) is 1. The largest absolute Gasteiger partial charge is 0.324 e. The molecule has 2 nitrogen and oxygen atoms in total. The third-order valence-electron chi connectivity index (χ3n) is 3.05. The fourth-order valence-electron chi connectivity index (χ4n) is 2.13. The van der Waals surface area contributed by atoms with Crippen LogP contribution >= 0.6 is 0 Å². The second-order valence-electron chi connectivity index (χ2n) is 4.29. The Morgan fingerprint density at radius 2 is 1.60 bits per heavy atom. The molecule has 1 heterocycles. The molecule has 84 valence electrons. The third-order valence-corrected chi connectivity index (χ3v) is 3.05. The van der Waals surface area contributed by atoms with Gasteiger partial charge in [-0.2, -0.15) is 0 Å². The number of pyridine rings is 1. The Balaban J connectivity index is 2.94. The van der Waals surface area contributed by atoms with Gasteiger partial charge in [-0.25, -0.2) is 0 Å². The molecule has 1 rings (SSSR count). The van der Waals surface area contributed by atoms with Gasteiger partial charge in [0.25, 0.3) is 0 Å². The Hall–Kier alpha value is -0.890. The van der Waals surface area contributed by atoms with Gasteiger partial charge in [-0.05, 0) is 37.5 Å². The maximum Gasteiger partial charge on any atom is 0.0379 e. The first-order valence-corrected chi connectivity index (χ1v) is 5.79. The second kappa shape index (κ2) is 5.26. The van der Waals surface area contributed by atoms with E-state index in [4.69, 9.17) is 5.73 Å². The molecule has 0 aromatic carbocycles. The van der Waals surface area contributed by atoms with Crippen molar-refractivity contribution in [3.05, 3.63) is 29.1 Å². The van der Waals surface area contributed by atoms with Crippen LogP contribution in [-0.4, -0.2) is 4.98 Å². The lowest BCUT2D eigenvalue weighted by Gasteiger charge is -2.22. The van der Waals surface area contributed by atoms with Crippen molar-refractivity contribution in [2.24, 2.45) is 11.7 Å². The van der Waals surface area contributed by atoms with Crippen molar-refractivity contribution in [1.29, 1.82) is 0 Å². The summed E-state index contributed by atoms with van der Waals surface area (Å²) in [6.45, 7) is 8.45. The first-order valence-electron chi connectivity index (χ1n) is 5.79. The molecule has 2 heteroatoms. The zero-order valence-corrected chi connectivity index (χ0v) is 10.2. The number of aryl methyl sites for hydroxylation is 2. The predicted octanol–water partition coefficient (Wildman–Crippen LogP) is 3.13. The van der Waals surface area contributed by atoms with Gasteiger partial charge < -0.3 is 5.73 Å². The van der Waals surface area contributed by atoms with Gasteiger partial charge in [0.1, 0.15) is 0 Å². The normalized spacial score (nSPS) is 13.2.